The topological polar surface area (TPSA) is 70.0 Å². The molecule has 3 nitrogen and oxygen atoms in total. The van der Waals surface area contributed by atoms with Gasteiger partial charge < -0.3 is 10.8 Å². The van der Waals surface area contributed by atoms with Gasteiger partial charge in [0.1, 0.15) is 5.60 Å². The fourth-order valence-corrected chi connectivity index (χ4v) is 3.15. The average Bonchev–Trinajstić information content (AvgIpc) is 2.81. The SMILES string of the molecule is N#CC1=C(N)[C@@](O)(c2ccccc2)C[C@H]1c1ccc(Cl)cc1. The van der Waals surface area contributed by atoms with Gasteiger partial charge >= 0.3 is 0 Å². The van der Waals surface area contributed by atoms with Gasteiger partial charge in [0.25, 0.3) is 0 Å². The van der Waals surface area contributed by atoms with E-state index < -0.39 is 5.60 Å². The van der Waals surface area contributed by atoms with Gasteiger partial charge in [-0.2, -0.15) is 5.26 Å². The Morgan fingerprint density at radius 3 is 2.36 bits per heavy atom. The maximum Gasteiger partial charge on any atom is 0.131 e. The lowest BCUT2D eigenvalue weighted by atomic mass is 9.86. The first kappa shape index (κ1) is 14.6. The maximum atomic E-state index is 11.1. The molecule has 0 amide bonds. The van der Waals surface area contributed by atoms with Gasteiger partial charge in [0.15, 0.2) is 0 Å². The molecule has 1 aliphatic carbocycles. The zero-order valence-corrected chi connectivity index (χ0v) is 12.6. The Labute approximate surface area is 134 Å². The minimum atomic E-state index is -1.31. The smallest absolute Gasteiger partial charge is 0.131 e. The molecule has 22 heavy (non-hydrogen) atoms. The molecule has 2 aromatic rings. The van der Waals surface area contributed by atoms with E-state index in [0.717, 1.165) is 5.56 Å². The zero-order valence-electron chi connectivity index (χ0n) is 11.8. The summed E-state index contributed by atoms with van der Waals surface area (Å²) >= 11 is 5.92. The lowest BCUT2D eigenvalue weighted by Gasteiger charge is -2.25. The van der Waals surface area contributed by atoms with Gasteiger partial charge in [-0.05, 0) is 29.7 Å². The van der Waals surface area contributed by atoms with Crippen molar-refractivity contribution in [3.63, 3.8) is 0 Å². The molecule has 0 saturated heterocycles. The van der Waals surface area contributed by atoms with Crippen LogP contribution in [-0.2, 0) is 5.60 Å². The Morgan fingerprint density at radius 2 is 1.77 bits per heavy atom. The molecule has 2 aromatic carbocycles. The maximum absolute atomic E-state index is 11.1. The third-order valence-electron chi connectivity index (χ3n) is 4.23. The standard InChI is InChI=1S/C18H15ClN2O/c19-14-8-6-12(7-9-14)15-10-18(22,17(21)16(15)11-20)13-4-2-1-3-5-13/h1-9,15,22H,10,21H2/t15-,18-/m0/s1. The van der Waals surface area contributed by atoms with Crippen LogP contribution in [0.2, 0.25) is 5.02 Å². The van der Waals surface area contributed by atoms with Gasteiger partial charge in [0.2, 0.25) is 0 Å². The summed E-state index contributed by atoms with van der Waals surface area (Å²) in [6.45, 7) is 0. The predicted molar refractivity (Wildman–Crippen MR) is 86.0 cm³/mol. The third-order valence-corrected chi connectivity index (χ3v) is 4.48. The predicted octanol–water partition coefficient (Wildman–Crippen LogP) is 3.45. The number of aliphatic hydroxyl groups is 1. The number of benzene rings is 2. The molecular formula is C18H15ClN2O. The first-order valence-electron chi connectivity index (χ1n) is 7.00. The summed E-state index contributed by atoms with van der Waals surface area (Å²) in [5.74, 6) is -0.229. The number of rotatable bonds is 2. The molecule has 4 heteroatoms. The van der Waals surface area contributed by atoms with E-state index in [0.29, 0.717) is 22.6 Å². The summed E-state index contributed by atoms with van der Waals surface area (Å²) in [5, 5.41) is 21.2. The van der Waals surface area contributed by atoms with Gasteiger partial charge in [-0.1, -0.05) is 54.1 Å². The van der Waals surface area contributed by atoms with Crippen LogP contribution in [0.15, 0.2) is 65.9 Å². The summed E-state index contributed by atoms with van der Waals surface area (Å²) in [6, 6.07) is 18.7. The van der Waals surface area contributed by atoms with Crippen molar-refractivity contribution < 1.29 is 5.11 Å². The Bertz CT molecular complexity index is 762. The van der Waals surface area contributed by atoms with Gasteiger partial charge in [0.05, 0.1) is 17.3 Å². The highest BCUT2D eigenvalue weighted by Gasteiger charge is 2.45. The lowest BCUT2D eigenvalue weighted by Crippen LogP contribution is -2.29. The molecule has 3 N–H and O–H groups in total. The molecule has 1 aliphatic rings. The van der Waals surface area contributed by atoms with Crippen molar-refractivity contribution in [2.75, 3.05) is 0 Å². The molecular weight excluding hydrogens is 296 g/mol. The summed E-state index contributed by atoms with van der Waals surface area (Å²) in [6.07, 6.45) is 0.355. The molecule has 2 atom stereocenters. The molecule has 0 saturated carbocycles. The van der Waals surface area contributed by atoms with Gasteiger partial charge in [-0.25, -0.2) is 0 Å². The Hall–Kier alpha value is -2.28. The van der Waals surface area contributed by atoms with Crippen molar-refractivity contribution in [1.82, 2.24) is 0 Å². The highest BCUT2D eigenvalue weighted by atomic mass is 35.5. The van der Waals surface area contributed by atoms with E-state index in [2.05, 4.69) is 6.07 Å². The van der Waals surface area contributed by atoms with Gasteiger partial charge in [0, 0.05) is 10.9 Å². The van der Waals surface area contributed by atoms with E-state index in [1.54, 1.807) is 12.1 Å². The fraction of sp³-hybridized carbons (Fsp3) is 0.167. The van der Waals surface area contributed by atoms with E-state index in [1.807, 2.05) is 42.5 Å². The zero-order chi connectivity index (χ0) is 15.7. The number of allylic oxidation sites excluding steroid dienone is 1. The highest BCUT2D eigenvalue weighted by Crippen LogP contribution is 2.48. The normalized spacial score (nSPS) is 24.3. The van der Waals surface area contributed by atoms with Gasteiger partial charge in [-0.3, -0.25) is 0 Å². The van der Waals surface area contributed by atoms with E-state index in [9.17, 15) is 10.4 Å². The summed E-state index contributed by atoms with van der Waals surface area (Å²) in [7, 11) is 0. The number of hydrogen-bond acceptors (Lipinski definition) is 3. The molecule has 0 radical (unpaired) electrons. The first-order valence-corrected chi connectivity index (χ1v) is 7.37. The third kappa shape index (κ3) is 2.27. The van der Waals surface area contributed by atoms with Crippen molar-refractivity contribution in [2.24, 2.45) is 5.73 Å². The highest BCUT2D eigenvalue weighted by molar-refractivity contribution is 6.30. The Balaban J connectivity index is 2.07. The van der Waals surface area contributed by atoms with Crippen molar-refractivity contribution in [1.29, 1.82) is 5.26 Å². The molecule has 3 rings (SSSR count). The first-order chi connectivity index (χ1) is 10.6. The van der Waals surface area contributed by atoms with Crippen LogP contribution in [0.3, 0.4) is 0 Å². The second kappa shape index (κ2) is 5.49. The summed E-state index contributed by atoms with van der Waals surface area (Å²) < 4.78 is 0. The number of nitriles is 1. The van der Waals surface area contributed by atoms with Crippen LogP contribution in [0.1, 0.15) is 23.5 Å². The number of nitrogens with two attached hydrogens (primary N) is 1. The monoisotopic (exact) mass is 310 g/mol. The molecule has 0 bridgehead atoms. The van der Waals surface area contributed by atoms with Crippen LogP contribution in [0.4, 0.5) is 0 Å². The number of halogens is 1. The largest absolute Gasteiger partial charge is 0.399 e. The number of nitrogens with zero attached hydrogens (tertiary/aromatic N) is 1. The van der Waals surface area contributed by atoms with Gasteiger partial charge in [-0.15, -0.1) is 0 Å². The van der Waals surface area contributed by atoms with E-state index in [1.165, 1.54) is 0 Å². The lowest BCUT2D eigenvalue weighted by molar-refractivity contribution is 0.0724. The van der Waals surface area contributed by atoms with Crippen molar-refractivity contribution in [3.8, 4) is 6.07 Å². The van der Waals surface area contributed by atoms with E-state index in [-0.39, 0.29) is 11.6 Å². The molecule has 0 unspecified atom stereocenters. The molecule has 110 valence electrons. The second-order valence-electron chi connectivity index (χ2n) is 5.47. The van der Waals surface area contributed by atoms with Crippen molar-refractivity contribution >= 4 is 11.6 Å². The van der Waals surface area contributed by atoms with E-state index in [4.69, 9.17) is 17.3 Å². The molecule has 0 aromatic heterocycles. The minimum Gasteiger partial charge on any atom is -0.399 e. The molecule has 0 fully saturated rings. The second-order valence-corrected chi connectivity index (χ2v) is 5.91. The van der Waals surface area contributed by atoms with E-state index >= 15 is 0 Å². The van der Waals surface area contributed by atoms with Crippen LogP contribution in [0.5, 0.6) is 0 Å². The van der Waals surface area contributed by atoms with Crippen molar-refractivity contribution in [3.05, 3.63) is 82.0 Å². The van der Waals surface area contributed by atoms with Crippen LogP contribution in [-0.4, -0.2) is 5.11 Å². The van der Waals surface area contributed by atoms with Crippen LogP contribution in [0.25, 0.3) is 0 Å². The summed E-state index contributed by atoms with van der Waals surface area (Å²) in [4.78, 5) is 0. The Morgan fingerprint density at radius 1 is 1.14 bits per heavy atom. The van der Waals surface area contributed by atoms with Crippen molar-refractivity contribution in [2.45, 2.75) is 17.9 Å². The quantitative estimate of drug-likeness (QED) is 0.892. The molecule has 0 spiro atoms. The molecule has 0 heterocycles. The van der Waals surface area contributed by atoms with Crippen LogP contribution < -0.4 is 5.73 Å². The molecule has 0 aliphatic heterocycles. The fourth-order valence-electron chi connectivity index (χ4n) is 3.02. The summed E-state index contributed by atoms with van der Waals surface area (Å²) in [5.41, 5.74) is 7.12. The minimum absolute atomic E-state index is 0.229. The van der Waals surface area contributed by atoms with Crippen LogP contribution in [0, 0.1) is 11.3 Å². The Kier molecular flexibility index (Phi) is 3.66. The van der Waals surface area contributed by atoms with Crippen LogP contribution >= 0.6 is 11.6 Å². The average molecular weight is 311 g/mol. The number of hydrogen-bond donors (Lipinski definition) is 2.